The Morgan fingerprint density at radius 1 is 1.15 bits per heavy atom. The molecule has 1 aromatic heterocycles. The number of amides is 1. The van der Waals surface area contributed by atoms with Crippen LogP contribution in [0.2, 0.25) is 0 Å². The largest absolute Gasteiger partial charge is 0.496 e. The third-order valence-electron chi connectivity index (χ3n) is 3.49. The van der Waals surface area contributed by atoms with E-state index in [1.165, 1.54) is 25.6 Å². The number of aryl methyl sites for hydroxylation is 1. The minimum atomic E-state index is -0.542. The maximum absolute atomic E-state index is 12.0. The van der Waals surface area contributed by atoms with Crippen LogP contribution in [-0.4, -0.2) is 43.7 Å². The number of benzene rings is 1. The van der Waals surface area contributed by atoms with Crippen molar-refractivity contribution < 1.29 is 28.6 Å². The van der Waals surface area contributed by atoms with Crippen LogP contribution < -0.4 is 10.1 Å². The summed E-state index contributed by atoms with van der Waals surface area (Å²) in [4.78, 5) is 39.2. The van der Waals surface area contributed by atoms with Crippen molar-refractivity contribution >= 4 is 34.3 Å². The molecule has 0 spiro atoms. The van der Waals surface area contributed by atoms with Crippen molar-refractivity contribution in [3.63, 3.8) is 0 Å². The highest BCUT2D eigenvalue weighted by atomic mass is 32.1. The topological polar surface area (TPSA) is 104 Å². The van der Waals surface area contributed by atoms with Gasteiger partial charge in [-0.1, -0.05) is 17.7 Å². The van der Waals surface area contributed by atoms with E-state index in [0.717, 1.165) is 5.56 Å². The minimum absolute atomic E-state index is 0.00133. The monoisotopic (exact) mass is 392 g/mol. The number of hydrogen-bond acceptors (Lipinski definition) is 8. The second-order valence-electron chi connectivity index (χ2n) is 5.60. The first-order valence-corrected chi connectivity index (χ1v) is 8.89. The van der Waals surface area contributed by atoms with Crippen molar-refractivity contribution in [3.8, 4) is 5.75 Å². The third-order valence-corrected chi connectivity index (χ3v) is 4.29. The van der Waals surface area contributed by atoms with Crippen LogP contribution >= 0.6 is 11.3 Å². The van der Waals surface area contributed by atoms with Gasteiger partial charge in [-0.2, -0.15) is 0 Å². The Bertz CT molecular complexity index is 833. The molecule has 0 aliphatic heterocycles. The lowest BCUT2D eigenvalue weighted by atomic mass is 10.1. The number of ether oxygens (including phenoxy) is 3. The zero-order chi connectivity index (χ0) is 19.8. The lowest BCUT2D eigenvalue weighted by molar-refractivity contribution is -0.146. The molecule has 0 bridgehead atoms. The van der Waals surface area contributed by atoms with Gasteiger partial charge in [-0.15, -0.1) is 11.3 Å². The van der Waals surface area contributed by atoms with Gasteiger partial charge in [0.15, 0.2) is 11.7 Å². The molecule has 0 aliphatic carbocycles. The highest BCUT2D eigenvalue weighted by Gasteiger charge is 2.14. The van der Waals surface area contributed by atoms with Crippen molar-refractivity contribution in [1.82, 2.24) is 4.98 Å². The van der Waals surface area contributed by atoms with Gasteiger partial charge in [-0.3, -0.25) is 19.7 Å². The number of nitrogens with zero attached hydrogens (tertiary/aromatic N) is 1. The lowest BCUT2D eigenvalue weighted by Gasteiger charge is -2.09. The summed E-state index contributed by atoms with van der Waals surface area (Å²) < 4.78 is 14.8. The molecular formula is C18H20N2O6S. The number of aromatic nitrogens is 1. The van der Waals surface area contributed by atoms with E-state index in [1.54, 1.807) is 11.4 Å². The van der Waals surface area contributed by atoms with E-state index in [9.17, 15) is 14.4 Å². The summed E-state index contributed by atoms with van der Waals surface area (Å²) >= 11 is 1.17. The molecule has 2 rings (SSSR count). The maximum Gasteiger partial charge on any atom is 0.311 e. The average molecular weight is 392 g/mol. The van der Waals surface area contributed by atoms with Gasteiger partial charge in [-0.05, 0) is 13.0 Å². The van der Waals surface area contributed by atoms with Crippen LogP contribution in [0, 0.1) is 6.92 Å². The van der Waals surface area contributed by atoms with E-state index in [0.29, 0.717) is 22.1 Å². The molecule has 1 aromatic carbocycles. The highest BCUT2D eigenvalue weighted by molar-refractivity contribution is 7.13. The number of esters is 2. The summed E-state index contributed by atoms with van der Waals surface area (Å²) in [6, 6.07) is 5.49. The first-order chi connectivity index (χ1) is 12.9. The number of hydrogen-bond donors (Lipinski definition) is 1. The molecule has 0 saturated heterocycles. The van der Waals surface area contributed by atoms with E-state index in [2.05, 4.69) is 15.0 Å². The SMILES string of the molecule is COC(=O)Cc1csc(NC(=O)COC(=O)Cc2cc(C)ccc2OC)n1. The van der Waals surface area contributed by atoms with Crippen molar-refractivity contribution in [2.24, 2.45) is 0 Å². The number of rotatable bonds is 8. The first kappa shape index (κ1) is 20.4. The molecule has 0 aliphatic rings. The summed E-state index contributed by atoms with van der Waals surface area (Å²) in [5.74, 6) is -0.889. The predicted octanol–water partition coefficient (Wildman–Crippen LogP) is 1.90. The molecule has 27 heavy (non-hydrogen) atoms. The molecular weight excluding hydrogens is 372 g/mol. The van der Waals surface area contributed by atoms with Gasteiger partial charge in [0.2, 0.25) is 0 Å². The summed E-state index contributed by atoms with van der Waals surface area (Å²) in [7, 11) is 2.81. The fourth-order valence-corrected chi connectivity index (χ4v) is 2.95. The van der Waals surface area contributed by atoms with Crippen molar-refractivity contribution in [2.45, 2.75) is 19.8 Å². The minimum Gasteiger partial charge on any atom is -0.496 e. The molecule has 1 heterocycles. The van der Waals surface area contributed by atoms with Crippen molar-refractivity contribution in [1.29, 1.82) is 0 Å². The standard InChI is InChI=1S/C18H20N2O6S/c1-11-4-5-14(24-2)12(6-11)7-17(23)26-9-15(21)20-18-19-13(10-27-18)8-16(22)25-3/h4-6,10H,7-9H2,1-3H3,(H,19,20,21). The number of nitrogens with one attached hydrogen (secondary N) is 1. The van der Waals surface area contributed by atoms with Crippen molar-refractivity contribution in [2.75, 3.05) is 26.1 Å². The van der Waals surface area contributed by atoms with Crippen LogP contribution in [0.1, 0.15) is 16.8 Å². The number of carbonyl (C=O) groups excluding carboxylic acids is 3. The summed E-state index contributed by atoms with van der Waals surface area (Å²) in [5, 5.41) is 4.48. The van der Waals surface area contributed by atoms with E-state index < -0.39 is 24.5 Å². The van der Waals surface area contributed by atoms with Gasteiger partial charge in [0.05, 0.1) is 32.8 Å². The molecule has 1 amide bonds. The van der Waals surface area contributed by atoms with E-state index in [-0.39, 0.29) is 12.8 Å². The fraction of sp³-hybridized carbons (Fsp3) is 0.333. The lowest BCUT2D eigenvalue weighted by Crippen LogP contribution is -2.21. The first-order valence-electron chi connectivity index (χ1n) is 8.01. The van der Waals surface area contributed by atoms with Gasteiger partial charge in [0, 0.05) is 10.9 Å². The zero-order valence-electron chi connectivity index (χ0n) is 15.2. The molecule has 0 fully saturated rings. The number of carbonyl (C=O) groups is 3. The molecule has 2 aromatic rings. The Balaban J connectivity index is 1.82. The van der Waals surface area contributed by atoms with Gasteiger partial charge < -0.3 is 14.2 Å². The summed E-state index contributed by atoms with van der Waals surface area (Å²) in [5.41, 5.74) is 2.17. The van der Waals surface area contributed by atoms with Crippen LogP contribution in [0.25, 0.3) is 0 Å². The molecule has 9 heteroatoms. The maximum atomic E-state index is 12.0. The molecule has 0 unspecified atom stereocenters. The van der Waals surface area contributed by atoms with Crippen LogP contribution in [0.4, 0.5) is 5.13 Å². The van der Waals surface area contributed by atoms with Gasteiger partial charge >= 0.3 is 11.9 Å². The smallest absolute Gasteiger partial charge is 0.311 e. The van der Waals surface area contributed by atoms with Gasteiger partial charge in [0.25, 0.3) is 5.91 Å². The molecule has 144 valence electrons. The fourth-order valence-electron chi connectivity index (χ4n) is 2.22. The van der Waals surface area contributed by atoms with E-state index in [4.69, 9.17) is 9.47 Å². The van der Waals surface area contributed by atoms with Crippen LogP contribution in [-0.2, 0) is 36.7 Å². The van der Waals surface area contributed by atoms with Crippen molar-refractivity contribution in [3.05, 3.63) is 40.4 Å². The number of methoxy groups -OCH3 is 2. The normalized spacial score (nSPS) is 10.2. The third kappa shape index (κ3) is 6.37. The van der Waals surface area contributed by atoms with Gasteiger partial charge in [-0.25, -0.2) is 4.98 Å². The molecule has 0 saturated carbocycles. The second-order valence-corrected chi connectivity index (χ2v) is 6.46. The molecule has 8 nitrogen and oxygen atoms in total. The van der Waals surface area contributed by atoms with Gasteiger partial charge in [0.1, 0.15) is 5.75 Å². The number of anilines is 1. The predicted molar refractivity (Wildman–Crippen MR) is 98.9 cm³/mol. The van der Waals surface area contributed by atoms with Crippen LogP contribution in [0.5, 0.6) is 5.75 Å². The number of thiazole rings is 1. The van der Waals surface area contributed by atoms with E-state index >= 15 is 0 Å². The zero-order valence-corrected chi connectivity index (χ0v) is 16.1. The highest BCUT2D eigenvalue weighted by Crippen LogP contribution is 2.20. The summed E-state index contributed by atoms with van der Waals surface area (Å²) in [6.07, 6.45) is 0.0227. The Morgan fingerprint density at radius 3 is 2.63 bits per heavy atom. The van der Waals surface area contributed by atoms with E-state index in [1.807, 2.05) is 19.1 Å². The Morgan fingerprint density at radius 2 is 1.93 bits per heavy atom. The molecule has 1 N–H and O–H groups in total. The van der Waals surface area contributed by atoms with Crippen LogP contribution in [0.3, 0.4) is 0 Å². The quantitative estimate of drug-likeness (QED) is 0.684. The average Bonchev–Trinajstić information content (AvgIpc) is 3.06. The molecule has 0 radical (unpaired) electrons. The Hall–Kier alpha value is -2.94. The second kappa shape index (κ2) is 9.67. The Labute approximate surface area is 160 Å². The Kier molecular flexibility index (Phi) is 7.30. The van der Waals surface area contributed by atoms with Crippen LogP contribution in [0.15, 0.2) is 23.6 Å². The molecule has 0 atom stereocenters. The summed E-state index contributed by atoms with van der Waals surface area (Å²) in [6.45, 7) is 1.48.